The van der Waals surface area contributed by atoms with E-state index in [0.717, 1.165) is 18.4 Å². The van der Waals surface area contributed by atoms with Crippen molar-refractivity contribution in [1.82, 2.24) is 20.1 Å². The molecule has 2 aromatic rings. The summed E-state index contributed by atoms with van der Waals surface area (Å²) >= 11 is 0. The Bertz CT molecular complexity index is 603. The molecule has 0 spiro atoms. The Morgan fingerprint density at radius 2 is 2.32 bits per heavy atom. The zero-order valence-electron chi connectivity index (χ0n) is 10.4. The zero-order valence-corrected chi connectivity index (χ0v) is 10.4. The first-order chi connectivity index (χ1) is 9.20. The third-order valence-corrected chi connectivity index (χ3v) is 2.93. The largest absolute Gasteiger partial charge is 0.399 e. The van der Waals surface area contributed by atoms with E-state index < -0.39 is 0 Å². The van der Waals surface area contributed by atoms with Crippen molar-refractivity contribution in [2.24, 2.45) is 0 Å². The molecule has 6 nitrogen and oxygen atoms in total. The summed E-state index contributed by atoms with van der Waals surface area (Å²) in [6.07, 6.45) is 3.72. The lowest BCUT2D eigenvalue weighted by Gasteiger charge is -2.02. The first-order valence-electron chi connectivity index (χ1n) is 6.25. The highest BCUT2D eigenvalue weighted by Gasteiger charge is 2.23. The Kier molecular flexibility index (Phi) is 2.91. The number of benzene rings is 1. The van der Waals surface area contributed by atoms with Crippen molar-refractivity contribution < 1.29 is 4.79 Å². The van der Waals surface area contributed by atoms with Crippen molar-refractivity contribution in [1.29, 1.82) is 0 Å². The van der Waals surface area contributed by atoms with E-state index >= 15 is 0 Å². The minimum atomic E-state index is -0.0217. The van der Waals surface area contributed by atoms with Crippen molar-refractivity contribution in [3.05, 3.63) is 30.6 Å². The molecule has 1 fully saturated rings. The van der Waals surface area contributed by atoms with Crippen LogP contribution in [0.25, 0.3) is 11.4 Å². The van der Waals surface area contributed by atoms with Crippen LogP contribution in [0.4, 0.5) is 5.69 Å². The fourth-order valence-electron chi connectivity index (χ4n) is 1.83. The van der Waals surface area contributed by atoms with Gasteiger partial charge >= 0.3 is 0 Å². The maximum absolute atomic E-state index is 11.6. The smallest absolute Gasteiger partial charge is 0.242 e. The van der Waals surface area contributed by atoms with Crippen LogP contribution in [0.1, 0.15) is 12.8 Å². The van der Waals surface area contributed by atoms with Gasteiger partial charge in [0, 0.05) is 17.3 Å². The van der Waals surface area contributed by atoms with E-state index in [0.29, 0.717) is 17.6 Å². The lowest BCUT2D eigenvalue weighted by atomic mass is 10.2. The lowest BCUT2D eigenvalue weighted by Crippen LogP contribution is -2.29. The van der Waals surface area contributed by atoms with Gasteiger partial charge in [-0.1, -0.05) is 12.1 Å². The van der Waals surface area contributed by atoms with E-state index in [1.165, 1.54) is 4.68 Å². The molecule has 0 atom stereocenters. The molecular formula is C13H15N5O. The number of nitrogen functional groups attached to an aromatic ring is 1. The molecule has 3 rings (SSSR count). The van der Waals surface area contributed by atoms with Crippen LogP contribution >= 0.6 is 0 Å². The summed E-state index contributed by atoms with van der Waals surface area (Å²) in [4.78, 5) is 15.8. The van der Waals surface area contributed by atoms with Crippen LogP contribution in [0.15, 0.2) is 30.6 Å². The fourth-order valence-corrected chi connectivity index (χ4v) is 1.83. The van der Waals surface area contributed by atoms with E-state index in [4.69, 9.17) is 5.73 Å². The number of nitrogens with zero attached hydrogens (tertiary/aromatic N) is 3. The van der Waals surface area contributed by atoms with Crippen LogP contribution in [-0.4, -0.2) is 26.7 Å². The molecule has 0 radical (unpaired) electrons. The minimum absolute atomic E-state index is 0.0217. The van der Waals surface area contributed by atoms with Gasteiger partial charge in [0.15, 0.2) is 5.82 Å². The predicted molar refractivity (Wildman–Crippen MR) is 71.0 cm³/mol. The first-order valence-corrected chi connectivity index (χ1v) is 6.25. The summed E-state index contributed by atoms with van der Waals surface area (Å²) < 4.78 is 1.54. The number of hydrogen-bond donors (Lipinski definition) is 2. The number of nitrogens with two attached hydrogens (primary N) is 1. The number of rotatable bonds is 4. The summed E-state index contributed by atoms with van der Waals surface area (Å²) in [5.74, 6) is 0.554. The molecule has 0 saturated heterocycles. The summed E-state index contributed by atoms with van der Waals surface area (Å²) in [5, 5.41) is 7.19. The number of hydrogen-bond acceptors (Lipinski definition) is 4. The second kappa shape index (κ2) is 4.72. The Labute approximate surface area is 110 Å². The van der Waals surface area contributed by atoms with Gasteiger partial charge in [-0.15, -0.1) is 0 Å². The molecule has 0 unspecified atom stereocenters. The molecule has 19 heavy (non-hydrogen) atoms. The average Bonchev–Trinajstić information content (AvgIpc) is 3.05. The van der Waals surface area contributed by atoms with Crippen molar-refractivity contribution in [2.75, 3.05) is 5.73 Å². The Balaban J connectivity index is 1.70. The molecule has 0 aliphatic heterocycles. The quantitative estimate of drug-likeness (QED) is 0.793. The van der Waals surface area contributed by atoms with Gasteiger partial charge in [0.2, 0.25) is 5.91 Å². The molecule has 1 heterocycles. The lowest BCUT2D eigenvalue weighted by molar-refractivity contribution is -0.122. The number of amides is 1. The SMILES string of the molecule is Nc1cccc(-c2ncn(CC(=O)NC3CC3)n2)c1. The van der Waals surface area contributed by atoms with Crippen LogP contribution in [0, 0.1) is 0 Å². The fraction of sp³-hybridized carbons (Fsp3) is 0.308. The molecule has 0 bridgehead atoms. The van der Waals surface area contributed by atoms with E-state index in [2.05, 4.69) is 15.4 Å². The summed E-state index contributed by atoms with van der Waals surface area (Å²) in [6.45, 7) is 0.200. The predicted octanol–water partition coefficient (Wildman–Crippen LogP) is 0.806. The van der Waals surface area contributed by atoms with Gasteiger partial charge in [-0.05, 0) is 25.0 Å². The normalized spacial score (nSPS) is 14.3. The molecule has 1 saturated carbocycles. The molecule has 1 aliphatic carbocycles. The number of carbonyl (C=O) groups is 1. The zero-order chi connectivity index (χ0) is 13.2. The van der Waals surface area contributed by atoms with Gasteiger partial charge in [-0.2, -0.15) is 5.10 Å². The molecule has 1 amide bonds. The summed E-state index contributed by atoms with van der Waals surface area (Å²) in [7, 11) is 0. The standard InChI is InChI=1S/C13H15N5O/c14-10-3-1-2-9(6-10)13-15-8-18(17-13)7-12(19)16-11-4-5-11/h1-3,6,8,11H,4-5,7,14H2,(H,16,19). The number of anilines is 1. The Hall–Kier alpha value is -2.37. The molecular weight excluding hydrogens is 242 g/mol. The van der Waals surface area contributed by atoms with Crippen LogP contribution in [0.3, 0.4) is 0 Å². The van der Waals surface area contributed by atoms with Gasteiger partial charge in [0.1, 0.15) is 12.9 Å². The summed E-state index contributed by atoms with van der Waals surface area (Å²) in [5.41, 5.74) is 7.23. The van der Waals surface area contributed by atoms with Gasteiger partial charge in [0.25, 0.3) is 0 Å². The Morgan fingerprint density at radius 1 is 1.47 bits per heavy atom. The maximum Gasteiger partial charge on any atom is 0.242 e. The Morgan fingerprint density at radius 3 is 3.05 bits per heavy atom. The van der Waals surface area contributed by atoms with Gasteiger partial charge in [-0.25, -0.2) is 9.67 Å². The molecule has 6 heteroatoms. The third-order valence-electron chi connectivity index (χ3n) is 2.93. The maximum atomic E-state index is 11.6. The minimum Gasteiger partial charge on any atom is -0.399 e. The van der Waals surface area contributed by atoms with Gasteiger partial charge in [-0.3, -0.25) is 4.79 Å². The third kappa shape index (κ3) is 2.90. The summed E-state index contributed by atoms with van der Waals surface area (Å²) in [6, 6.07) is 7.73. The van der Waals surface area contributed by atoms with Crippen LogP contribution < -0.4 is 11.1 Å². The van der Waals surface area contributed by atoms with Crippen LogP contribution in [-0.2, 0) is 11.3 Å². The highest BCUT2D eigenvalue weighted by molar-refractivity contribution is 5.76. The van der Waals surface area contributed by atoms with E-state index in [9.17, 15) is 4.79 Å². The molecule has 1 aliphatic rings. The van der Waals surface area contributed by atoms with Gasteiger partial charge < -0.3 is 11.1 Å². The highest BCUT2D eigenvalue weighted by atomic mass is 16.2. The van der Waals surface area contributed by atoms with E-state index in [-0.39, 0.29) is 12.5 Å². The van der Waals surface area contributed by atoms with Gasteiger partial charge in [0.05, 0.1) is 0 Å². The second-order valence-electron chi connectivity index (χ2n) is 4.73. The first kappa shape index (κ1) is 11.7. The molecule has 1 aromatic carbocycles. The monoisotopic (exact) mass is 257 g/mol. The topological polar surface area (TPSA) is 85.8 Å². The van der Waals surface area contributed by atoms with Crippen molar-refractivity contribution in [3.8, 4) is 11.4 Å². The van der Waals surface area contributed by atoms with Crippen molar-refractivity contribution >= 4 is 11.6 Å². The second-order valence-corrected chi connectivity index (χ2v) is 4.73. The average molecular weight is 257 g/mol. The van der Waals surface area contributed by atoms with E-state index in [1.807, 2.05) is 24.3 Å². The number of aromatic nitrogens is 3. The van der Waals surface area contributed by atoms with E-state index in [1.54, 1.807) is 6.33 Å². The molecule has 3 N–H and O–H groups in total. The number of carbonyl (C=O) groups excluding carboxylic acids is 1. The molecule has 98 valence electrons. The van der Waals surface area contributed by atoms with Crippen molar-refractivity contribution in [2.45, 2.75) is 25.4 Å². The van der Waals surface area contributed by atoms with Crippen molar-refractivity contribution in [3.63, 3.8) is 0 Å². The van der Waals surface area contributed by atoms with Crippen LogP contribution in [0.5, 0.6) is 0 Å². The van der Waals surface area contributed by atoms with Crippen LogP contribution in [0.2, 0.25) is 0 Å². The highest BCUT2D eigenvalue weighted by Crippen LogP contribution is 2.19. The molecule has 1 aromatic heterocycles. The number of nitrogens with one attached hydrogen (secondary N) is 1.